The molecular formula is C11H18BrNO3S2. The standard InChI is InChI=1S/C11H18BrNO3S2/c1-3-8(4-2)10(14)7-13-18(15,16)11-9(12)5-6-17-11/h5-6,8,10,13-14H,3-4,7H2,1-2H3. The molecule has 1 unspecified atom stereocenters. The van der Waals surface area contributed by atoms with Gasteiger partial charge in [-0.25, -0.2) is 13.1 Å². The van der Waals surface area contributed by atoms with Gasteiger partial charge in [-0.15, -0.1) is 11.3 Å². The summed E-state index contributed by atoms with van der Waals surface area (Å²) in [6.45, 7) is 4.03. The Bertz CT molecular complexity index is 468. The Morgan fingerprint density at radius 2 is 2.06 bits per heavy atom. The molecule has 0 bridgehead atoms. The van der Waals surface area contributed by atoms with Gasteiger partial charge >= 0.3 is 0 Å². The van der Waals surface area contributed by atoms with E-state index in [1.165, 1.54) is 0 Å². The second kappa shape index (κ2) is 7.00. The molecular weight excluding hydrogens is 338 g/mol. The molecule has 1 aromatic heterocycles. The van der Waals surface area contributed by atoms with Crippen LogP contribution >= 0.6 is 27.3 Å². The largest absolute Gasteiger partial charge is 0.391 e. The fraction of sp³-hybridized carbons (Fsp3) is 0.636. The topological polar surface area (TPSA) is 66.4 Å². The van der Waals surface area contributed by atoms with Crippen LogP contribution in [0.4, 0.5) is 0 Å². The van der Waals surface area contributed by atoms with Crippen LogP contribution in [0.15, 0.2) is 20.1 Å². The maximum Gasteiger partial charge on any atom is 0.251 e. The smallest absolute Gasteiger partial charge is 0.251 e. The van der Waals surface area contributed by atoms with Crippen molar-refractivity contribution in [2.45, 2.75) is 37.0 Å². The van der Waals surface area contributed by atoms with Crippen LogP contribution in [0, 0.1) is 5.92 Å². The highest BCUT2D eigenvalue weighted by molar-refractivity contribution is 9.10. The maximum atomic E-state index is 12.0. The Hall–Kier alpha value is 0.0500. The molecule has 0 fully saturated rings. The fourth-order valence-electron chi connectivity index (χ4n) is 1.73. The summed E-state index contributed by atoms with van der Waals surface area (Å²) in [6.07, 6.45) is 1.03. The van der Waals surface area contributed by atoms with Crippen LogP contribution in [-0.2, 0) is 10.0 Å². The number of hydrogen-bond donors (Lipinski definition) is 2. The zero-order chi connectivity index (χ0) is 13.8. The van der Waals surface area contributed by atoms with Gasteiger partial charge in [-0.2, -0.15) is 0 Å². The highest BCUT2D eigenvalue weighted by Crippen LogP contribution is 2.27. The van der Waals surface area contributed by atoms with E-state index in [-0.39, 0.29) is 16.7 Å². The quantitative estimate of drug-likeness (QED) is 0.789. The van der Waals surface area contributed by atoms with E-state index in [0.717, 1.165) is 24.2 Å². The molecule has 18 heavy (non-hydrogen) atoms. The van der Waals surface area contributed by atoms with Crippen LogP contribution < -0.4 is 4.72 Å². The first-order chi connectivity index (χ1) is 8.42. The van der Waals surface area contributed by atoms with E-state index in [1.54, 1.807) is 11.4 Å². The number of halogens is 1. The van der Waals surface area contributed by atoms with E-state index < -0.39 is 16.1 Å². The zero-order valence-corrected chi connectivity index (χ0v) is 13.6. The first kappa shape index (κ1) is 16.1. The van der Waals surface area contributed by atoms with Crippen molar-refractivity contribution in [2.75, 3.05) is 6.54 Å². The van der Waals surface area contributed by atoms with Gasteiger partial charge in [-0.3, -0.25) is 0 Å². The molecule has 0 saturated carbocycles. The highest BCUT2D eigenvalue weighted by atomic mass is 79.9. The number of aliphatic hydroxyl groups excluding tert-OH is 1. The van der Waals surface area contributed by atoms with E-state index >= 15 is 0 Å². The first-order valence-corrected chi connectivity index (χ1v) is 8.98. The second-order valence-corrected chi connectivity index (χ2v) is 7.78. The lowest BCUT2D eigenvalue weighted by Gasteiger charge is -2.20. The van der Waals surface area contributed by atoms with Crippen molar-refractivity contribution < 1.29 is 13.5 Å². The Morgan fingerprint density at radius 3 is 2.50 bits per heavy atom. The Kier molecular flexibility index (Phi) is 6.26. The van der Waals surface area contributed by atoms with Crippen molar-refractivity contribution >= 4 is 37.3 Å². The third kappa shape index (κ3) is 4.03. The highest BCUT2D eigenvalue weighted by Gasteiger charge is 2.22. The molecule has 7 heteroatoms. The third-order valence-electron chi connectivity index (χ3n) is 2.90. The lowest BCUT2D eigenvalue weighted by molar-refractivity contribution is 0.107. The van der Waals surface area contributed by atoms with Crippen LogP contribution in [0.3, 0.4) is 0 Å². The minimum Gasteiger partial charge on any atom is -0.391 e. The predicted molar refractivity (Wildman–Crippen MR) is 77.3 cm³/mol. The molecule has 1 heterocycles. The molecule has 1 rings (SSSR count). The van der Waals surface area contributed by atoms with Gasteiger partial charge in [0.05, 0.1) is 6.10 Å². The maximum absolute atomic E-state index is 12.0. The molecule has 0 radical (unpaired) electrons. The molecule has 0 aromatic carbocycles. The normalized spacial score (nSPS) is 14.1. The van der Waals surface area contributed by atoms with Gasteiger partial charge in [0.1, 0.15) is 4.21 Å². The Labute approximate surface area is 121 Å². The van der Waals surface area contributed by atoms with Crippen molar-refractivity contribution in [3.63, 3.8) is 0 Å². The minimum atomic E-state index is -3.53. The molecule has 0 spiro atoms. The number of hydrogen-bond acceptors (Lipinski definition) is 4. The summed E-state index contributed by atoms with van der Waals surface area (Å²) in [7, 11) is -3.53. The minimum absolute atomic E-state index is 0.0546. The molecule has 0 aliphatic heterocycles. The zero-order valence-electron chi connectivity index (χ0n) is 10.4. The van der Waals surface area contributed by atoms with Gasteiger partial charge in [0.25, 0.3) is 10.0 Å². The fourth-order valence-corrected chi connectivity index (χ4v) is 5.16. The van der Waals surface area contributed by atoms with Crippen LogP contribution in [-0.4, -0.2) is 26.2 Å². The molecule has 2 N–H and O–H groups in total. The van der Waals surface area contributed by atoms with E-state index in [1.807, 2.05) is 13.8 Å². The summed E-state index contributed by atoms with van der Waals surface area (Å²) in [5, 5.41) is 11.6. The van der Waals surface area contributed by atoms with Crippen molar-refractivity contribution in [1.82, 2.24) is 4.72 Å². The molecule has 1 aromatic rings. The SMILES string of the molecule is CCC(CC)C(O)CNS(=O)(=O)c1sccc1Br. The summed E-state index contributed by atoms with van der Waals surface area (Å²) in [5.74, 6) is 0.125. The predicted octanol–water partition coefficient (Wildman–Crippen LogP) is 2.59. The lowest BCUT2D eigenvalue weighted by Crippen LogP contribution is -2.35. The lowest BCUT2D eigenvalue weighted by atomic mass is 9.97. The Balaban J connectivity index is 2.66. The second-order valence-electron chi connectivity index (χ2n) is 4.05. The monoisotopic (exact) mass is 355 g/mol. The molecule has 0 saturated heterocycles. The number of thiophene rings is 1. The van der Waals surface area contributed by atoms with Gasteiger partial charge in [0.2, 0.25) is 0 Å². The van der Waals surface area contributed by atoms with Gasteiger partial charge in [-0.05, 0) is 33.3 Å². The summed E-state index contributed by atoms with van der Waals surface area (Å²) in [4.78, 5) is 0. The van der Waals surface area contributed by atoms with E-state index in [4.69, 9.17) is 0 Å². The van der Waals surface area contributed by atoms with Gasteiger partial charge < -0.3 is 5.11 Å². The number of rotatable bonds is 7. The molecule has 4 nitrogen and oxygen atoms in total. The Morgan fingerprint density at radius 1 is 1.44 bits per heavy atom. The average Bonchev–Trinajstić information content (AvgIpc) is 2.75. The average molecular weight is 356 g/mol. The van der Waals surface area contributed by atoms with Crippen LogP contribution in [0.1, 0.15) is 26.7 Å². The first-order valence-electron chi connectivity index (χ1n) is 5.83. The van der Waals surface area contributed by atoms with Gasteiger partial charge in [0.15, 0.2) is 0 Å². The summed E-state index contributed by atoms with van der Waals surface area (Å²) in [6, 6.07) is 1.69. The van der Waals surface area contributed by atoms with Gasteiger partial charge in [-0.1, -0.05) is 26.7 Å². The van der Waals surface area contributed by atoms with Crippen molar-refractivity contribution in [3.8, 4) is 0 Å². The summed E-state index contributed by atoms with van der Waals surface area (Å²) in [5.41, 5.74) is 0. The van der Waals surface area contributed by atoms with Crippen LogP contribution in [0.5, 0.6) is 0 Å². The van der Waals surface area contributed by atoms with Crippen molar-refractivity contribution in [1.29, 1.82) is 0 Å². The third-order valence-corrected chi connectivity index (χ3v) is 7.00. The molecule has 1 atom stereocenters. The van der Waals surface area contributed by atoms with E-state index in [0.29, 0.717) is 4.47 Å². The van der Waals surface area contributed by atoms with Crippen LogP contribution in [0.2, 0.25) is 0 Å². The molecule has 0 aliphatic carbocycles. The van der Waals surface area contributed by atoms with E-state index in [2.05, 4.69) is 20.7 Å². The van der Waals surface area contributed by atoms with Crippen molar-refractivity contribution in [2.24, 2.45) is 5.92 Å². The molecule has 104 valence electrons. The van der Waals surface area contributed by atoms with Crippen molar-refractivity contribution in [3.05, 3.63) is 15.9 Å². The van der Waals surface area contributed by atoms with Gasteiger partial charge in [0, 0.05) is 11.0 Å². The molecule has 0 amide bonds. The number of aliphatic hydroxyl groups is 1. The number of nitrogens with one attached hydrogen (secondary N) is 1. The summed E-state index contributed by atoms with van der Waals surface area (Å²) >= 11 is 4.34. The van der Waals surface area contributed by atoms with Crippen LogP contribution in [0.25, 0.3) is 0 Å². The number of sulfonamides is 1. The molecule has 0 aliphatic rings. The van der Waals surface area contributed by atoms with E-state index in [9.17, 15) is 13.5 Å². The summed E-state index contributed by atoms with van der Waals surface area (Å²) < 4.78 is 27.2.